The summed E-state index contributed by atoms with van der Waals surface area (Å²) in [4.78, 5) is 21.7. The molecule has 0 atom stereocenters. The first-order chi connectivity index (χ1) is 10.9. The van der Waals surface area contributed by atoms with Crippen LogP contribution in [0.2, 0.25) is 0 Å². The van der Waals surface area contributed by atoms with Crippen LogP contribution in [-0.2, 0) is 9.59 Å². The van der Waals surface area contributed by atoms with Gasteiger partial charge in [0.2, 0.25) is 11.8 Å². The third-order valence-electron chi connectivity index (χ3n) is 4.04. The molecule has 0 aliphatic heterocycles. The number of hydrogen-bond acceptors (Lipinski definition) is 3. The van der Waals surface area contributed by atoms with Crippen molar-refractivity contribution in [2.75, 3.05) is 67.5 Å². The molecule has 0 radical (unpaired) electrons. The van der Waals surface area contributed by atoms with Crippen molar-refractivity contribution in [3.8, 4) is 0 Å². The second-order valence-electron chi connectivity index (χ2n) is 8.01. The third kappa shape index (κ3) is 13.3. The number of nitrogens with zero attached hydrogens (tertiary/aromatic N) is 2. The minimum Gasteiger partial charge on any atom is -0.382 e. The molecule has 0 rings (SSSR count). The molecular formula is C17H38N4O3+2. The summed E-state index contributed by atoms with van der Waals surface area (Å²) in [6.45, 7) is 7.60. The van der Waals surface area contributed by atoms with Crippen molar-refractivity contribution in [2.45, 2.75) is 32.8 Å². The number of amides is 2. The first-order valence-corrected chi connectivity index (χ1v) is 8.74. The summed E-state index contributed by atoms with van der Waals surface area (Å²) >= 11 is 0. The highest BCUT2D eigenvalue weighted by Crippen LogP contribution is 2.07. The standard InChI is InChI=1S/C17H36N4O3/c1-15(22)18-9-7-11-20(3,4)13-17(24)14-21(5,6)12-8-10-19-16(2)23/h17,24H,7-14H2,1-6H3/p+2. The van der Waals surface area contributed by atoms with E-state index in [9.17, 15) is 14.7 Å². The molecule has 7 nitrogen and oxygen atoms in total. The maximum Gasteiger partial charge on any atom is 0.216 e. The number of rotatable bonds is 12. The zero-order valence-corrected chi connectivity index (χ0v) is 16.4. The number of hydrogen-bond donors (Lipinski definition) is 3. The zero-order valence-electron chi connectivity index (χ0n) is 16.4. The van der Waals surface area contributed by atoms with E-state index in [0.29, 0.717) is 26.2 Å². The van der Waals surface area contributed by atoms with Crippen LogP contribution in [0.3, 0.4) is 0 Å². The first kappa shape index (κ1) is 22.8. The maximum absolute atomic E-state index is 10.9. The number of aliphatic hydroxyl groups is 1. The molecule has 142 valence electrons. The molecule has 2 amide bonds. The molecule has 0 saturated heterocycles. The van der Waals surface area contributed by atoms with E-state index in [0.717, 1.165) is 34.9 Å². The summed E-state index contributed by atoms with van der Waals surface area (Å²) in [6, 6.07) is 0. The van der Waals surface area contributed by atoms with E-state index in [1.54, 1.807) is 0 Å². The highest BCUT2D eigenvalue weighted by Gasteiger charge is 2.26. The molecule has 3 N–H and O–H groups in total. The summed E-state index contributed by atoms with van der Waals surface area (Å²) in [5.41, 5.74) is 0. The normalized spacial score (nSPS) is 12.3. The van der Waals surface area contributed by atoms with E-state index in [-0.39, 0.29) is 17.9 Å². The van der Waals surface area contributed by atoms with Crippen molar-refractivity contribution in [3.05, 3.63) is 0 Å². The Kier molecular flexibility index (Phi) is 10.1. The molecule has 0 aromatic rings. The van der Waals surface area contributed by atoms with Crippen molar-refractivity contribution < 1.29 is 23.7 Å². The Hall–Kier alpha value is -1.18. The fraction of sp³-hybridized carbons (Fsp3) is 0.882. The Morgan fingerprint density at radius 3 is 1.46 bits per heavy atom. The van der Waals surface area contributed by atoms with Crippen LogP contribution in [0.4, 0.5) is 0 Å². The number of likely N-dealkylation sites (N-methyl/N-ethyl adjacent to an activating group) is 2. The Balaban J connectivity index is 4.11. The summed E-state index contributed by atoms with van der Waals surface area (Å²) in [6.07, 6.45) is 1.42. The molecule has 0 saturated carbocycles. The molecule has 7 heteroatoms. The van der Waals surface area contributed by atoms with E-state index in [1.165, 1.54) is 13.8 Å². The van der Waals surface area contributed by atoms with Gasteiger partial charge in [-0.25, -0.2) is 0 Å². The molecule has 0 aliphatic carbocycles. The molecule has 0 aliphatic rings. The van der Waals surface area contributed by atoms with Crippen molar-refractivity contribution in [2.24, 2.45) is 0 Å². The van der Waals surface area contributed by atoms with Gasteiger partial charge in [-0.15, -0.1) is 0 Å². The lowest BCUT2D eigenvalue weighted by Gasteiger charge is -2.36. The SMILES string of the molecule is CC(=O)NCCC[N+](C)(C)CC(O)C[N+](C)(C)CCCNC(C)=O. The van der Waals surface area contributed by atoms with Gasteiger partial charge in [0, 0.05) is 39.8 Å². The average Bonchev–Trinajstić information content (AvgIpc) is 2.38. The van der Waals surface area contributed by atoms with Gasteiger partial charge in [-0.1, -0.05) is 0 Å². The molecule has 0 aromatic heterocycles. The lowest BCUT2D eigenvalue weighted by atomic mass is 10.2. The maximum atomic E-state index is 10.9. The van der Waals surface area contributed by atoms with Crippen LogP contribution in [-0.4, -0.2) is 99.5 Å². The topological polar surface area (TPSA) is 78.4 Å². The molecule has 0 fully saturated rings. The number of aliphatic hydroxyl groups excluding tert-OH is 1. The van der Waals surface area contributed by atoms with E-state index < -0.39 is 0 Å². The van der Waals surface area contributed by atoms with Gasteiger partial charge < -0.3 is 24.7 Å². The van der Waals surface area contributed by atoms with E-state index in [1.807, 2.05) is 0 Å². The quantitative estimate of drug-likeness (QED) is 0.331. The fourth-order valence-corrected chi connectivity index (χ4v) is 2.92. The van der Waals surface area contributed by atoms with Crippen molar-refractivity contribution in [3.63, 3.8) is 0 Å². The smallest absolute Gasteiger partial charge is 0.216 e. The van der Waals surface area contributed by atoms with Crippen LogP contribution in [0.5, 0.6) is 0 Å². The second kappa shape index (κ2) is 10.6. The van der Waals surface area contributed by atoms with Crippen LogP contribution < -0.4 is 10.6 Å². The van der Waals surface area contributed by atoms with E-state index in [4.69, 9.17) is 0 Å². The third-order valence-corrected chi connectivity index (χ3v) is 4.04. The summed E-state index contributed by atoms with van der Waals surface area (Å²) < 4.78 is 1.46. The summed E-state index contributed by atoms with van der Waals surface area (Å²) in [5, 5.41) is 16.0. The number of quaternary nitrogens is 2. The van der Waals surface area contributed by atoms with Gasteiger partial charge in [0.15, 0.2) is 6.10 Å². The molecule has 0 aromatic carbocycles. The van der Waals surface area contributed by atoms with Crippen LogP contribution in [0.15, 0.2) is 0 Å². The molecule has 0 heterocycles. The average molecular weight is 347 g/mol. The van der Waals surface area contributed by atoms with E-state index in [2.05, 4.69) is 38.8 Å². The van der Waals surface area contributed by atoms with Crippen LogP contribution in [0, 0.1) is 0 Å². The van der Waals surface area contributed by atoms with Crippen molar-refractivity contribution >= 4 is 11.8 Å². The fourth-order valence-electron chi connectivity index (χ4n) is 2.92. The van der Waals surface area contributed by atoms with Gasteiger partial charge in [-0.3, -0.25) is 9.59 Å². The summed E-state index contributed by atoms with van der Waals surface area (Å²) in [5.74, 6) is -0.00249. The predicted octanol–water partition coefficient (Wildman–Crippen LogP) is -0.447. The van der Waals surface area contributed by atoms with Gasteiger partial charge in [-0.05, 0) is 0 Å². The first-order valence-electron chi connectivity index (χ1n) is 8.74. The number of carbonyl (C=O) groups excluding carboxylic acids is 2. The van der Waals surface area contributed by atoms with Gasteiger partial charge in [0.25, 0.3) is 0 Å². The lowest BCUT2D eigenvalue weighted by Crippen LogP contribution is -2.53. The molecule has 0 bridgehead atoms. The Bertz CT molecular complexity index is 361. The largest absolute Gasteiger partial charge is 0.382 e. The van der Waals surface area contributed by atoms with Gasteiger partial charge in [0.1, 0.15) is 13.1 Å². The Labute approximate surface area is 147 Å². The minimum atomic E-state index is -0.378. The lowest BCUT2D eigenvalue weighted by molar-refractivity contribution is -0.914. The highest BCUT2D eigenvalue weighted by molar-refractivity contribution is 5.72. The predicted molar refractivity (Wildman–Crippen MR) is 96.3 cm³/mol. The highest BCUT2D eigenvalue weighted by atomic mass is 16.3. The Morgan fingerprint density at radius 1 is 0.833 bits per heavy atom. The second-order valence-corrected chi connectivity index (χ2v) is 8.01. The van der Waals surface area contributed by atoms with E-state index >= 15 is 0 Å². The zero-order chi connectivity index (χ0) is 18.8. The number of nitrogens with one attached hydrogen (secondary N) is 2. The van der Waals surface area contributed by atoms with Crippen LogP contribution in [0.1, 0.15) is 26.7 Å². The molecular weight excluding hydrogens is 308 g/mol. The molecule has 0 spiro atoms. The monoisotopic (exact) mass is 346 g/mol. The van der Waals surface area contributed by atoms with Crippen LogP contribution >= 0.6 is 0 Å². The summed E-state index contributed by atoms with van der Waals surface area (Å²) in [7, 11) is 8.42. The van der Waals surface area contributed by atoms with Gasteiger partial charge in [0.05, 0.1) is 41.3 Å². The molecule has 24 heavy (non-hydrogen) atoms. The van der Waals surface area contributed by atoms with Crippen LogP contribution in [0.25, 0.3) is 0 Å². The molecule has 0 unspecified atom stereocenters. The van der Waals surface area contributed by atoms with Crippen molar-refractivity contribution in [1.82, 2.24) is 10.6 Å². The van der Waals surface area contributed by atoms with Crippen molar-refractivity contribution in [1.29, 1.82) is 0 Å². The minimum absolute atomic E-state index is 0.00125. The number of carbonyl (C=O) groups is 2. The van der Waals surface area contributed by atoms with Gasteiger partial charge in [-0.2, -0.15) is 0 Å². The Morgan fingerprint density at radius 2 is 1.17 bits per heavy atom. The van der Waals surface area contributed by atoms with Gasteiger partial charge >= 0.3 is 0 Å².